The molecular weight excluding hydrogens is 380 g/mol. The molecule has 0 atom stereocenters. The number of nitrogens with one attached hydrogen (secondary N) is 1. The smallest absolute Gasteiger partial charge is 0.335 e. The van der Waals surface area contributed by atoms with Gasteiger partial charge in [0.15, 0.2) is 0 Å². The van der Waals surface area contributed by atoms with Crippen LogP contribution < -0.4 is 20.3 Å². The summed E-state index contributed by atoms with van der Waals surface area (Å²) in [6.07, 6.45) is 3.86. The Bertz CT molecular complexity index is 768. The van der Waals surface area contributed by atoms with Crippen LogP contribution in [0.5, 0.6) is 0 Å². The lowest BCUT2D eigenvalue weighted by Crippen LogP contribution is -2.45. The molecule has 0 saturated carbocycles. The molecule has 4 N–H and O–H groups in total. The Morgan fingerprint density at radius 1 is 1.18 bits per heavy atom. The highest BCUT2D eigenvalue weighted by Gasteiger charge is 2.28. The van der Waals surface area contributed by atoms with E-state index >= 15 is 0 Å². The van der Waals surface area contributed by atoms with Gasteiger partial charge in [-0.1, -0.05) is 26.7 Å². The summed E-state index contributed by atoms with van der Waals surface area (Å²) in [7, 11) is -4.09. The number of carboxylic acids is 1. The summed E-state index contributed by atoms with van der Waals surface area (Å²) in [6, 6.07) is 2.79. The van der Waals surface area contributed by atoms with Gasteiger partial charge in [0.25, 0.3) is 0 Å². The highest BCUT2D eigenvalue weighted by molar-refractivity contribution is 7.89. The van der Waals surface area contributed by atoms with Crippen LogP contribution in [0.4, 0.5) is 11.4 Å². The highest BCUT2D eigenvalue weighted by atomic mass is 32.2. The lowest BCUT2D eigenvalue weighted by molar-refractivity contribution is 0.0696. The van der Waals surface area contributed by atoms with E-state index < -0.39 is 16.0 Å². The van der Waals surface area contributed by atoms with Gasteiger partial charge in [-0.25, -0.2) is 18.4 Å². The molecule has 2 rings (SSSR count). The van der Waals surface area contributed by atoms with Crippen LogP contribution in [0.1, 0.15) is 49.9 Å². The minimum atomic E-state index is -4.09. The number of nitrogens with two attached hydrogens (primary N) is 1. The molecule has 1 aliphatic rings. The molecule has 0 amide bonds. The predicted octanol–water partition coefficient (Wildman–Crippen LogP) is 1.85. The predicted molar refractivity (Wildman–Crippen MR) is 112 cm³/mol. The number of benzene rings is 1. The number of anilines is 2. The van der Waals surface area contributed by atoms with E-state index in [9.17, 15) is 18.3 Å². The van der Waals surface area contributed by atoms with Crippen LogP contribution in [0, 0.1) is 0 Å². The molecule has 0 aliphatic carbocycles. The fourth-order valence-corrected chi connectivity index (χ4v) is 4.23. The third-order valence-electron chi connectivity index (χ3n) is 4.95. The molecule has 0 unspecified atom stereocenters. The molecule has 0 aromatic heterocycles. The van der Waals surface area contributed by atoms with Crippen LogP contribution in [0.25, 0.3) is 0 Å². The van der Waals surface area contributed by atoms with Crippen molar-refractivity contribution in [3.63, 3.8) is 0 Å². The molecule has 1 saturated heterocycles. The summed E-state index contributed by atoms with van der Waals surface area (Å²) >= 11 is 0. The molecule has 1 aliphatic heterocycles. The van der Waals surface area contributed by atoms with E-state index in [4.69, 9.17) is 5.14 Å². The largest absolute Gasteiger partial charge is 0.478 e. The van der Waals surface area contributed by atoms with Gasteiger partial charge in [-0.2, -0.15) is 0 Å². The number of primary sulfonamides is 1. The Morgan fingerprint density at radius 2 is 1.75 bits per heavy atom. The standard InChI is InChI=1S/C19H32N4O4S/c1-3-5-9-22(10-6-4-2)16-13-15(19(24)25)14-17(28(20,26)27)18(16)23-11-7-21-8-12-23/h13-14,21H,3-12H2,1-2H3,(H,24,25)(H2,20,26,27). The summed E-state index contributed by atoms with van der Waals surface area (Å²) in [6.45, 7) is 8.40. The van der Waals surface area contributed by atoms with Gasteiger partial charge in [-0.05, 0) is 25.0 Å². The SMILES string of the molecule is CCCCN(CCCC)c1cc(C(=O)O)cc(S(N)(=O)=O)c1N1CCNCC1. The van der Waals surface area contributed by atoms with Crippen molar-refractivity contribution in [2.75, 3.05) is 49.1 Å². The van der Waals surface area contributed by atoms with Gasteiger partial charge in [0, 0.05) is 39.3 Å². The number of aromatic carboxylic acids is 1. The molecule has 1 aromatic rings. The summed E-state index contributed by atoms with van der Waals surface area (Å²) in [4.78, 5) is 15.7. The Hall–Kier alpha value is -1.84. The number of carboxylic acid groups (broad SMARTS) is 1. The van der Waals surface area contributed by atoms with E-state index in [1.165, 1.54) is 6.07 Å². The number of piperazine rings is 1. The van der Waals surface area contributed by atoms with Crippen LogP contribution in [0.2, 0.25) is 0 Å². The Labute approximate surface area is 167 Å². The van der Waals surface area contributed by atoms with Crippen LogP contribution in [0.3, 0.4) is 0 Å². The first-order valence-corrected chi connectivity index (χ1v) is 11.5. The van der Waals surface area contributed by atoms with Crippen LogP contribution in [0.15, 0.2) is 17.0 Å². The second-order valence-electron chi connectivity index (χ2n) is 7.12. The Balaban J connectivity index is 2.69. The van der Waals surface area contributed by atoms with E-state index in [2.05, 4.69) is 24.1 Å². The van der Waals surface area contributed by atoms with E-state index in [1.54, 1.807) is 6.07 Å². The quantitative estimate of drug-likeness (QED) is 0.537. The van der Waals surface area contributed by atoms with Crippen molar-refractivity contribution < 1.29 is 18.3 Å². The first-order valence-electron chi connectivity index (χ1n) is 9.94. The zero-order valence-electron chi connectivity index (χ0n) is 16.8. The third kappa shape index (κ3) is 5.59. The van der Waals surface area contributed by atoms with Gasteiger partial charge in [0.1, 0.15) is 4.90 Å². The van der Waals surface area contributed by atoms with Crippen molar-refractivity contribution in [3.05, 3.63) is 17.7 Å². The highest BCUT2D eigenvalue weighted by Crippen LogP contribution is 2.37. The molecule has 0 radical (unpaired) electrons. The molecule has 28 heavy (non-hydrogen) atoms. The zero-order valence-corrected chi connectivity index (χ0v) is 17.6. The fraction of sp³-hybridized carbons (Fsp3) is 0.632. The first kappa shape index (κ1) is 22.4. The summed E-state index contributed by atoms with van der Waals surface area (Å²) < 4.78 is 24.8. The molecule has 158 valence electrons. The van der Waals surface area contributed by atoms with E-state index in [0.717, 1.165) is 51.9 Å². The average Bonchev–Trinajstić information content (AvgIpc) is 2.67. The van der Waals surface area contributed by atoms with Gasteiger partial charge in [-0.3, -0.25) is 0 Å². The molecule has 0 spiro atoms. The van der Waals surface area contributed by atoms with Crippen molar-refractivity contribution in [2.45, 2.75) is 44.4 Å². The molecule has 1 aromatic carbocycles. The van der Waals surface area contributed by atoms with Crippen LogP contribution in [-0.4, -0.2) is 58.8 Å². The van der Waals surface area contributed by atoms with Crippen molar-refractivity contribution in [3.8, 4) is 0 Å². The lowest BCUT2D eigenvalue weighted by Gasteiger charge is -2.36. The van der Waals surface area contributed by atoms with E-state index in [1.807, 2.05) is 4.90 Å². The number of rotatable bonds is 10. The fourth-order valence-electron chi connectivity index (χ4n) is 3.43. The lowest BCUT2D eigenvalue weighted by atomic mass is 10.1. The monoisotopic (exact) mass is 412 g/mol. The molecule has 0 bridgehead atoms. The van der Waals surface area contributed by atoms with E-state index in [0.29, 0.717) is 24.5 Å². The molecular formula is C19H32N4O4S. The van der Waals surface area contributed by atoms with Crippen molar-refractivity contribution in [1.29, 1.82) is 0 Å². The van der Waals surface area contributed by atoms with Gasteiger partial charge < -0.3 is 20.2 Å². The van der Waals surface area contributed by atoms with Gasteiger partial charge in [0.05, 0.1) is 16.9 Å². The first-order chi connectivity index (χ1) is 13.3. The van der Waals surface area contributed by atoms with Crippen molar-refractivity contribution in [2.24, 2.45) is 5.14 Å². The van der Waals surface area contributed by atoms with Crippen LogP contribution in [-0.2, 0) is 10.0 Å². The summed E-state index contributed by atoms with van der Waals surface area (Å²) in [5.74, 6) is -1.16. The average molecular weight is 413 g/mol. The van der Waals surface area contributed by atoms with Gasteiger partial charge >= 0.3 is 5.97 Å². The number of hydrogen-bond donors (Lipinski definition) is 3. The Kier molecular flexibility index (Phi) is 8.09. The Morgan fingerprint density at radius 3 is 2.21 bits per heavy atom. The number of unbranched alkanes of at least 4 members (excludes halogenated alkanes) is 2. The second-order valence-corrected chi connectivity index (χ2v) is 8.65. The number of nitrogens with zero attached hydrogens (tertiary/aromatic N) is 2. The second kappa shape index (κ2) is 10.1. The maximum Gasteiger partial charge on any atom is 0.335 e. The molecule has 1 heterocycles. The minimum absolute atomic E-state index is 0.0593. The summed E-state index contributed by atoms with van der Waals surface area (Å²) in [5, 5.41) is 18.3. The molecule has 1 fully saturated rings. The van der Waals surface area contributed by atoms with Crippen molar-refractivity contribution >= 4 is 27.4 Å². The number of sulfonamides is 1. The third-order valence-corrected chi connectivity index (χ3v) is 5.87. The van der Waals surface area contributed by atoms with E-state index in [-0.39, 0.29) is 10.5 Å². The van der Waals surface area contributed by atoms with Gasteiger partial charge in [0.2, 0.25) is 10.0 Å². The molecule has 9 heteroatoms. The van der Waals surface area contributed by atoms with Crippen LogP contribution >= 0.6 is 0 Å². The normalized spacial score (nSPS) is 14.9. The van der Waals surface area contributed by atoms with Crippen molar-refractivity contribution in [1.82, 2.24) is 5.32 Å². The zero-order chi connectivity index (χ0) is 20.7. The summed E-state index contributed by atoms with van der Waals surface area (Å²) in [5.41, 5.74) is 1.12. The topological polar surface area (TPSA) is 116 Å². The maximum absolute atomic E-state index is 12.4. The maximum atomic E-state index is 12.4. The number of hydrogen-bond acceptors (Lipinski definition) is 6. The molecule has 8 nitrogen and oxygen atoms in total. The number of carbonyl (C=O) groups is 1. The minimum Gasteiger partial charge on any atom is -0.478 e. The van der Waals surface area contributed by atoms with Gasteiger partial charge in [-0.15, -0.1) is 0 Å².